The largest absolute Gasteiger partial charge is 0.384 e. The summed E-state index contributed by atoms with van der Waals surface area (Å²) in [5.41, 5.74) is -0.360. The molecule has 0 spiro atoms. The van der Waals surface area contributed by atoms with Gasteiger partial charge in [-0.15, -0.1) is 0 Å². The van der Waals surface area contributed by atoms with Gasteiger partial charge in [-0.1, -0.05) is 51.4 Å². The monoisotopic (exact) mass is 458 g/mol. The minimum Gasteiger partial charge on any atom is -0.384 e. The first-order valence-electron chi connectivity index (χ1n) is 10.8. The van der Waals surface area contributed by atoms with Crippen LogP contribution in [0.25, 0.3) is 0 Å². The number of halogens is 1. The number of anilines is 1. The van der Waals surface area contributed by atoms with Crippen LogP contribution in [0.2, 0.25) is 5.02 Å². The van der Waals surface area contributed by atoms with E-state index >= 15 is 0 Å². The lowest BCUT2D eigenvalue weighted by Gasteiger charge is -2.51. The molecule has 1 aromatic carbocycles. The van der Waals surface area contributed by atoms with Crippen LogP contribution in [0.4, 0.5) is 10.5 Å². The Morgan fingerprint density at radius 3 is 2.44 bits per heavy atom. The third-order valence-electron chi connectivity index (χ3n) is 6.22. The summed E-state index contributed by atoms with van der Waals surface area (Å²) in [5, 5.41) is 17.7. The fourth-order valence-corrected chi connectivity index (χ4v) is 4.35. The molecule has 0 bridgehead atoms. The summed E-state index contributed by atoms with van der Waals surface area (Å²) >= 11 is 6.01. The first-order chi connectivity index (χ1) is 15.0. The van der Waals surface area contributed by atoms with Crippen LogP contribution in [-0.2, 0) is 10.4 Å². The van der Waals surface area contributed by atoms with Crippen molar-refractivity contribution in [2.45, 2.75) is 45.8 Å². The van der Waals surface area contributed by atoms with Crippen LogP contribution in [0, 0.1) is 11.3 Å². The fraction of sp³-hybridized carbons (Fsp3) is 0.458. The molecule has 1 aliphatic rings. The second kappa shape index (κ2) is 9.46. The third kappa shape index (κ3) is 5.05. The Bertz CT molecular complexity index is 949. The van der Waals surface area contributed by atoms with Crippen molar-refractivity contribution < 1.29 is 14.7 Å². The molecule has 2 aromatic rings. The van der Waals surface area contributed by atoms with Gasteiger partial charge in [0.15, 0.2) is 0 Å². The summed E-state index contributed by atoms with van der Waals surface area (Å²) in [6.45, 7) is 8.44. The molecule has 32 heavy (non-hydrogen) atoms. The zero-order valence-electron chi connectivity index (χ0n) is 18.9. The molecule has 1 aliphatic heterocycles. The topological polar surface area (TPSA) is 94.6 Å². The smallest absolute Gasteiger partial charge is 0.319 e. The minimum absolute atomic E-state index is 0.109. The van der Waals surface area contributed by atoms with E-state index in [-0.39, 0.29) is 11.8 Å². The van der Waals surface area contributed by atoms with Gasteiger partial charge in [0.05, 0.1) is 17.5 Å². The number of aromatic nitrogens is 1. The highest BCUT2D eigenvalue weighted by Crippen LogP contribution is 2.46. The summed E-state index contributed by atoms with van der Waals surface area (Å²) in [6, 6.07) is 9.50. The number of nitrogens with zero attached hydrogens (tertiary/aromatic N) is 2. The first kappa shape index (κ1) is 24.0. The second-order valence-electron chi connectivity index (χ2n) is 9.32. The number of piperidine rings is 1. The Balaban J connectivity index is 1.71. The van der Waals surface area contributed by atoms with Crippen molar-refractivity contribution in [2.24, 2.45) is 11.3 Å². The summed E-state index contributed by atoms with van der Waals surface area (Å²) in [5.74, 6) is -0.269. The van der Waals surface area contributed by atoms with Crippen molar-refractivity contribution in [1.29, 1.82) is 0 Å². The predicted octanol–water partition coefficient (Wildman–Crippen LogP) is 4.03. The summed E-state index contributed by atoms with van der Waals surface area (Å²) in [7, 11) is 0. The van der Waals surface area contributed by atoms with Crippen molar-refractivity contribution in [3.8, 4) is 0 Å². The number of carbonyl (C=O) groups excluding carboxylic acids is 2. The maximum Gasteiger partial charge on any atom is 0.319 e. The molecule has 3 N–H and O–H groups in total. The van der Waals surface area contributed by atoms with E-state index in [9.17, 15) is 14.7 Å². The highest BCUT2D eigenvalue weighted by Gasteiger charge is 2.50. The zero-order chi connectivity index (χ0) is 23.5. The van der Waals surface area contributed by atoms with Crippen LogP contribution in [0.5, 0.6) is 0 Å². The zero-order valence-corrected chi connectivity index (χ0v) is 19.7. The Hall–Kier alpha value is -2.64. The molecule has 172 valence electrons. The van der Waals surface area contributed by atoms with Crippen LogP contribution in [0.3, 0.4) is 0 Å². The van der Waals surface area contributed by atoms with Gasteiger partial charge < -0.3 is 20.6 Å². The molecule has 1 saturated heterocycles. The molecule has 1 unspecified atom stereocenters. The number of rotatable bonds is 5. The van der Waals surface area contributed by atoms with Crippen LogP contribution in [0.1, 0.15) is 39.7 Å². The molecule has 1 fully saturated rings. The third-order valence-corrected chi connectivity index (χ3v) is 6.47. The van der Waals surface area contributed by atoms with Crippen molar-refractivity contribution in [2.75, 3.05) is 18.4 Å². The van der Waals surface area contributed by atoms with Gasteiger partial charge in [0.2, 0.25) is 5.91 Å². The molecule has 8 heteroatoms. The maximum atomic E-state index is 13.4. The van der Waals surface area contributed by atoms with Crippen molar-refractivity contribution >= 4 is 29.2 Å². The SMILES string of the molecule is CC(C)[C@@H](NC(=O)Nc1cccnc1)C(=O)N1CCC(O)(c2ccc(Cl)cc2)C(C)(C)C1. The molecular weight excluding hydrogens is 428 g/mol. The van der Waals surface area contributed by atoms with Crippen molar-refractivity contribution in [3.63, 3.8) is 0 Å². The number of urea groups is 1. The van der Waals surface area contributed by atoms with Gasteiger partial charge in [0, 0.05) is 29.7 Å². The Kier molecular flexibility index (Phi) is 7.10. The Labute approximate surface area is 194 Å². The van der Waals surface area contributed by atoms with E-state index < -0.39 is 23.1 Å². The number of hydrogen-bond donors (Lipinski definition) is 3. The average molecular weight is 459 g/mol. The van der Waals surface area contributed by atoms with Crippen LogP contribution >= 0.6 is 11.6 Å². The van der Waals surface area contributed by atoms with E-state index in [1.54, 1.807) is 35.4 Å². The number of carbonyl (C=O) groups is 2. The van der Waals surface area contributed by atoms with E-state index in [2.05, 4.69) is 15.6 Å². The van der Waals surface area contributed by atoms with Gasteiger partial charge in [0.1, 0.15) is 6.04 Å². The first-order valence-corrected chi connectivity index (χ1v) is 11.2. The average Bonchev–Trinajstić information content (AvgIpc) is 2.74. The van der Waals surface area contributed by atoms with E-state index in [4.69, 9.17) is 11.6 Å². The number of amides is 3. The number of benzene rings is 1. The molecule has 0 aliphatic carbocycles. The summed E-state index contributed by atoms with van der Waals surface area (Å²) in [6.07, 6.45) is 3.55. The molecule has 3 amide bonds. The normalized spacial score (nSPS) is 21.2. The number of hydrogen-bond acceptors (Lipinski definition) is 4. The van der Waals surface area contributed by atoms with Crippen molar-refractivity contribution in [3.05, 3.63) is 59.4 Å². The molecular formula is C24H31ClN4O3. The highest BCUT2D eigenvalue weighted by atomic mass is 35.5. The molecule has 0 saturated carbocycles. The van der Waals surface area contributed by atoms with Gasteiger partial charge in [0.25, 0.3) is 0 Å². The number of aliphatic hydroxyl groups is 1. The quantitative estimate of drug-likeness (QED) is 0.630. The minimum atomic E-state index is -1.09. The fourth-order valence-electron chi connectivity index (χ4n) is 4.23. The lowest BCUT2D eigenvalue weighted by Crippen LogP contribution is -2.60. The van der Waals surface area contributed by atoms with E-state index in [1.807, 2.05) is 39.8 Å². The van der Waals surface area contributed by atoms with Crippen LogP contribution < -0.4 is 10.6 Å². The molecule has 0 radical (unpaired) electrons. The van der Waals surface area contributed by atoms with Gasteiger partial charge >= 0.3 is 6.03 Å². The Morgan fingerprint density at radius 1 is 1.19 bits per heavy atom. The second-order valence-corrected chi connectivity index (χ2v) is 9.76. The molecule has 2 heterocycles. The van der Waals surface area contributed by atoms with Gasteiger partial charge in [-0.25, -0.2) is 4.79 Å². The van der Waals surface area contributed by atoms with Gasteiger partial charge in [-0.3, -0.25) is 9.78 Å². The molecule has 2 atom stereocenters. The van der Waals surface area contributed by atoms with Gasteiger partial charge in [-0.05, 0) is 42.2 Å². The number of pyridine rings is 1. The maximum absolute atomic E-state index is 13.4. The lowest BCUT2D eigenvalue weighted by molar-refractivity contribution is -0.155. The van der Waals surface area contributed by atoms with Gasteiger partial charge in [-0.2, -0.15) is 0 Å². The molecule has 3 rings (SSSR count). The number of nitrogens with one attached hydrogen (secondary N) is 2. The van der Waals surface area contributed by atoms with Crippen LogP contribution in [0.15, 0.2) is 48.8 Å². The summed E-state index contributed by atoms with van der Waals surface area (Å²) in [4.78, 5) is 31.6. The van der Waals surface area contributed by atoms with E-state index in [0.29, 0.717) is 30.2 Å². The van der Waals surface area contributed by atoms with E-state index in [1.165, 1.54) is 6.20 Å². The van der Waals surface area contributed by atoms with Crippen LogP contribution in [-0.4, -0.2) is 46.1 Å². The molecule has 7 nitrogen and oxygen atoms in total. The molecule has 1 aromatic heterocycles. The van der Waals surface area contributed by atoms with Crippen molar-refractivity contribution in [1.82, 2.24) is 15.2 Å². The number of likely N-dealkylation sites (tertiary alicyclic amines) is 1. The predicted molar refractivity (Wildman–Crippen MR) is 125 cm³/mol. The standard InChI is InChI=1S/C24H31ClN4O3/c1-16(2)20(28-22(31)27-19-6-5-12-26-14-19)21(30)29-13-11-24(32,23(3,4)15-29)17-7-9-18(25)10-8-17/h5-10,12,14,16,20,32H,11,13,15H2,1-4H3,(H2,27,28,31)/t20-,24?/m1/s1. The Morgan fingerprint density at radius 2 is 1.88 bits per heavy atom. The summed E-state index contributed by atoms with van der Waals surface area (Å²) < 4.78 is 0. The lowest BCUT2D eigenvalue weighted by atomic mass is 9.66. The highest BCUT2D eigenvalue weighted by molar-refractivity contribution is 6.30. The van der Waals surface area contributed by atoms with E-state index in [0.717, 1.165) is 5.56 Å².